The summed E-state index contributed by atoms with van der Waals surface area (Å²) in [5.74, 6) is 0.732. The van der Waals surface area contributed by atoms with Crippen molar-refractivity contribution in [3.05, 3.63) is 45.3 Å². The zero-order chi connectivity index (χ0) is 22.4. The molecule has 0 atom stereocenters. The van der Waals surface area contributed by atoms with Crippen LogP contribution in [0.25, 0.3) is 0 Å². The number of methoxy groups -OCH3 is 1. The van der Waals surface area contributed by atoms with Gasteiger partial charge in [-0.25, -0.2) is 4.79 Å². The van der Waals surface area contributed by atoms with Crippen LogP contribution in [-0.4, -0.2) is 43.9 Å². The molecule has 0 saturated heterocycles. The first-order chi connectivity index (χ1) is 15.0. The van der Waals surface area contributed by atoms with Crippen molar-refractivity contribution in [1.29, 1.82) is 0 Å². The minimum atomic E-state index is -0.303. The van der Waals surface area contributed by atoms with Gasteiger partial charge in [0.15, 0.2) is 0 Å². The third kappa shape index (κ3) is 5.44. The maximum absolute atomic E-state index is 12.7. The summed E-state index contributed by atoms with van der Waals surface area (Å²) in [4.78, 5) is 31.6. The number of anilines is 1. The maximum Gasteiger partial charge on any atom is 0.410 e. The predicted octanol–water partition coefficient (Wildman–Crippen LogP) is 4.35. The van der Waals surface area contributed by atoms with Crippen molar-refractivity contribution < 1.29 is 19.1 Å². The number of carbonyl (C=O) groups excluding carboxylic acids is 2. The normalized spacial score (nSPS) is 12.8. The van der Waals surface area contributed by atoms with E-state index in [1.165, 1.54) is 11.3 Å². The monoisotopic (exact) mass is 443 g/mol. The van der Waals surface area contributed by atoms with Gasteiger partial charge in [-0.15, -0.1) is 11.3 Å². The van der Waals surface area contributed by atoms with Crippen LogP contribution >= 0.6 is 11.3 Å². The smallest absolute Gasteiger partial charge is 0.410 e. The van der Waals surface area contributed by atoms with Gasteiger partial charge in [-0.05, 0) is 50.6 Å². The van der Waals surface area contributed by atoms with Gasteiger partial charge < -0.3 is 19.7 Å². The highest BCUT2D eigenvalue weighted by molar-refractivity contribution is 7.16. The number of hydrogen-bond donors (Lipinski definition) is 1. The molecule has 0 fully saturated rings. The second-order valence-electron chi connectivity index (χ2n) is 7.43. The van der Waals surface area contributed by atoms with Crippen molar-refractivity contribution in [2.75, 3.05) is 25.6 Å². The lowest BCUT2D eigenvalue weighted by atomic mass is 10.0. The van der Waals surface area contributed by atoms with E-state index in [0.717, 1.165) is 37.9 Å². The number of carbonyl (C=O) groups is 2. The number of benzene rings is 1. The quantitative estimate of drug-likeness (QED) is 0.615. The largest absolute Gasteiger partial charge is 0.496 e. The molecule has 1 aromatic heterocycles. The summed E-state index contributed by atoms with van der Waals surface area (Å²) in [7, 11) is 1.64. The molecule has 1 aliphatic rings. The van der Waals surface area contributed by atoms with Crippen molar-refractivity contribution in [3.8, 4) is 5.75 Å². The van der Waals surface area contributed by atoms with Crippen LogP contribution in [0.5, 0.6) is 5.75 Å². The number of amides is 2. The van der Waals surface area contributed by atoms with Crippen LogP contribution < -0.4 is 10.1 Å². The van der Waals surface area contributed by atoms with E-state index >= 15 is 0 Å². The van der Waals surface area contributed by atoms with Gasteiger partial charge in [-0.1, -0.05) is 17.7 Å². The maximum atomic E-state index is 12.7. The SMILES string of the molecule is C=NCc1c(NC(=O)CCc2cc(C)ccc2OC)sc2c1CCN(C(=O)OCC)C2. The number of hydrogen-bond acceptors (Lipinski definition) is 6. The van der Waals surface area contributed by atoms with Gasteiger partial charge in [0.1, 0.15) is 10.8 Å². The standard InChI is InChI=1S/C23H29N3O4S/c1-5-30-23(28)26-11-10-17-18(13-24-3)22(31-20(17)14-26)25-21(27)9-7-16-12-15(2)6-8-19(16)29-4/h6,8,12H,3,5,7,9-11,13-14H2,1-2,4H3,(H,25,27). The molecule has 1 aliphatic heterocycles. The highest BCUT2D eigenvalue weighted by Crippen LogP contribution is 2.38. The van der Waals surface area contributed by atoms with Crippen LogP contribution in [0.3, 0.4) is 0 Å². The van der Waals surface area contributed by atoms with Crippen molar-refractivity contribution >= 4 is 35.1 Å². The van der Waals surface area contributed by atoms with Crippen LogP contribution in [0.4, 0.5) is 9.80 Å². The molecule has 0 aliphatic carbocycles. The third-order valence-corrected chi connectivity index (χ3v) is 6.45. The lowest BCUT2D eigenvalue weighted by Gasteiger charge is -2.26. The molecule has 7 nitrogen and oxygen atoms in total. The second kappa shape index (κ2) is 10.4. The minimum Gasteiger partial charge on any atom is -0.496 e. The van der Waals surface area contributed by atoms with Crippen LogP contribution in [0.15, 0.2) is 23.2 Å². The van der Waals surface area contributed by atoms with Gasteiger partial charge in [-0.3, -0.25) is 9.79 Å². The second-order valence-corrected chi connectivity index (χ2v) is 8.53. The molecule has 0 unspecified atom stereocenters. The molecule has 0 spiro atoms. The Kier molecular flexibility index (Phi) is 7.68. The first-order valence-corrected chi connectivity index (χ1v) is 11.2. The van der Waals surface area contributed by atoms with Crippen molar-refractivity contribution in [3.63, 3.8) is 0 Å². The molecular formula is C23H29N3O4S. The molecule has 0 saturated carbocycles. The van der Waals surface area contributed by atoms with Gasteiger partial charge in [0.05, 0.1) is 26.8 Å². The fraction of sp³-hybridized carbons (Fsp3) is 0.435. The summed E-state index contributed by atoms with van der Waals surface area (Å²) in [5.41, 5.74) is 4.31. The molecule has 1 N–H and O–H groups in total. The molecule has 2 aromatic rings. The van der Waals surface area contributed by atoms with Gasteiger partial charge in [0, 0.05) is 23.4 Å². The van der Waals surface area contributed by atoms with Crippen LogP contribution in [-0.2, 0) is 35.5 Å². The number of ether oxygens (including phenoxy) is 2. The van der Waals surface area contributed by atoms with E-state index in [-0.39, 0.29) is 12.0 Å². The predicted molar refractivity (Wildman–Crippen MR) is 123 cm³/mol. The summed E-state index contributed by atoms with van der Waals surface area (Å²) in [6.45, 7) is 9.30. The third-order valence-electron chi connectivity index (χ3n) is 5.27. The van der Waals surface area contributed by atoms with E-state index < -0.39 is 0 Å². The van der Waals surface area contributed by atoms with Crippen molar-refractivity contribution in [1.82, 2.24) is 4.90 Å². The van der Waals surface area contributed by atoms with Gasteiger partial charge in [-0.2, -0.15) is 0 Å². The molecule has 2 heterocycles. The fourth-order valence-corrected chi connectivity index (χ4v) is 5.05. The fourth-order valence-electron chi connectivity index (χ4n) is 3.76. The molecular weight excluding hydrogens is 414 g/mol. The number of thiophene rings is 1. The van der Waals surface area contributed by atoms with Gasteiger partial charge in [0.25, 0.3) is 0 Å². The minimum absolute atomic E-state index is 0.0604. The van der Waals surface area contributed by atoms with E-state index in [2.05, 4.69) is 17.0 Å². The number of nitrogens with one attached hydrogen (secondary N) is 1. The number of nitrogens with zero attached hydrogens (tertiary/aromatic N) is 2. The molecule has 0 bridgehead atoms. The lowest BCUT2D eigenvalue weighted by Crippen LogP contribution is -2.35. The van der Waals surface area contributed by atoms with Gasteiger partial charge in [0.2, 0.25) is 5.91 Å². The first kappa shape index (κ1) is 22.8. The Bertz CT molecular complexity index is 970. The Balaban J connectivity index is 1.71. The number of aliphatic imine (C=N–C) groups is 1. The summed E-state index contributed by atoms with van der Waals surface area (Å²) < 4.78 is 10.5. The zero-order valence-electron chi connectivity index (χ0n) is 18.3. The van der Waals surface area contributed by atoms with E-state index in [1.54, 1.807) is 18.9 Å². The molecule has 31 heavy (non-hydrogen) atoms. The molecule has 8 heteroatoms. The summed E-state index contributed by atoms with van der Waals surface area (Å²) in [5, 5.41) is 3.86. The Morgan fingerprint density at radius 3 is 2.87 bits per heavy atom. The average molecular weight is 444 g/mol. The number of rotatable bonds is 8. The van der Waals surface area contributed by atoms with Crippen molar-refractivity contribution in [2.45, 2.75) is 46.2 Å². The lowest BCUT2D eigenvalue weighted by molar-refractivity contribution is -0.116. The van der Waals surface area contributed by atoms with E-state index in [9.17, 15) is 9.59 Å². The van der Waals surface area contributed by atoms with E-state index in [4.69, 9.17) is 9.47 Å². The summed E-state index contributed by atoms with van der Waals surface area (Å²) >= 11 is 1.51. The molecule has 166 valence electrons. The number of fused-ring (bicyclic) bond motifs is 1. The number of aryl methyl sites for hydroxylation is 2. The molecule has 0 radical (unpaired) electrons. The summed E-state index contributed by atoms with van der Waals surface area (Å²) in [6.07, 6.45) is 1.35. The van der Waals surface area contributed by atoms with E-state index in [0.29, 0.717) is 45.5 Å². The summed E-state index contributed by atoms with van der Waals surface area (Å²) in [6, 6.07) is 5.97. The molecule has 3 rings (SSSR count). The average Bonchev–Trinajstić information content (AvgIpc) is 3.09. The topological polar surface area (TPSA) is 80.2 Å². The Morgan fingerprint density at radius 2 is 2.16 bits per heavy atom. The van der Waals surface area contributed by atoms with E-state index in [1.807, 2.05) is 25.1 Å². The first-order valence-electron chi connectivity index (χ1n) is 10.4. The highest BCUT2D eigenvalue weighted by atomic mass is 32.1. The van der Waals surface area contributed by atoms with Crippen LogP contribution in [0, 0.1) is 6.92 Å². The Labute approximate surface area is 187 Å². The Morgan fingerprint density at radius 1 is 1.35 bits per heavy atom. The highest BCUT2D eigenvalue weighted by Gasteiger charge is 2.27. The zero-order valence-corrected chi connectivity index (χ0v) is 19.1. The molecule has 1 aromatic carbocycles. The van der Waals surface area contributed by atoms with Gasteiger partial charge >= 0.3 is 6.09 Å². The van der Waals surface area contributed by atoms with Crippen LogP contribution in [0.1, 0.15) is 40.5 Å². The molecule has 2 amide bonds. The Hall–Kier alpha value is -2.87. The van der Waals surface area contributed by atoms with Crippen LogP contribution in [0.2, 0.25) is 0 Å². The van der Waals surface area contributed by atoms with Crippen molar-refractivity contribution in [2.24, 2.45) is 4.99 Å².